The first-order valence-electron chi connectivity index (χ1n) is 7.02. The van der Waals surface area contributed by atoms with Crippen LogP contribution in [0.2, 0.25) is 0 Å². The number of aromatic carboxylic acids is 1. The number of benzene rings is 1. The summed E-state index contributed by atoms with van der Waals surface area (Å²) in [6.07, 6.45) is 0. The lowest BCUT2D eigenvalue weighted by atomic mass is 10.1. The van der Waals surface area contributed by atoms with Crippen molar-refractivity contribution in [1.29, 1.82) is 0 Å². The smallest absolute Gasteiger partial charge is 0.336 e. The molecule has 0 saturated heterocycles. The van der Waals surface area contributed by atoms with Gasteiger partial charge in [-0.3, -0.25) is 0 Å². The van der Waals surface area contributed by atoms with Crippen molar-refractivity contribution in [2.24, 2.45) is 5.92 Å². The van der Waals surface area contributed by atoms with Gasteiger partial charge in [0.15, 0.2) is 0 Å². The van der Waals surface area contributed by atoms with E-state index in [9.17, 15) is 9.90 Å². The number of fused-ring (bicyclic) bond motifs is 1. The number of carboxylic acids is 1. The molecule has 1 aromatic carbocycles. The van der Waals surface area contributed by atoms with Gasteiger partial charge in [0.2, 0.25) is 0 Å². The molecular formula is C16H20N2O3. The molecule has 0 bridgehead atoms. The molecule has 0 fully saturated rings. The van der Waals surface area contributed by atoms with Gasteiger partial charge in [0, 0.05) is 18.5 Å². The standard InChI is InChI=1S/C16H20N2O3/c1-11(2)10-21-8-7-17-15-9-13(16(19)20)12-5-3-4-6-14(12)18-15/h3-6,9,11H,7-8,10H2,1-2H3,(H,17,18)(H,19,20). The fourth-order valence-corrected chi connectivity index (χ4v) is 2.01. The van der Waals surface area contributed by atoms with Crippen LogP contribution >= 0.6 is 0 Å². The predicted octanol–water partition coefficient (Wildman–Crippen LogP) is 3.02. The van der Waals surface area contributed by atoms with Gasteiger partial charge in [0.1, 0.15) is 5.82 Å². The van der Waals surface area contributed by atoms with E-state index in [0.717, 1.165) is 0 Å². The number of hydrogen-bond donors (Lipinski definition) is 2. The maximum absolute atomic E-state index is 11.3. The van der Waals surface area contributed by atoms with E-state index in [1.807, 2.05) is 18.2 Å². The van der Waals surface area contributed by atoms with Gasteiger partial charge in [-0.1, -0.05) is 32.0 Å². The number of carboxylic acid groups (broad SMARTS) is 1. The van der Waals surface area contributed by atoms with Gasteiger partial charge in [-0.05, 0) is 18.1 Å². The molecule has 2 aromatic rings. The molecule has 21 heavy (non-hydrogen) atoms. The van der Waals surface area contributed by atoms with Crippen LogP contribution in [0.1, 0.15) is 24.2 Å². The molecule has 0 atom stereocenters. The first-order valence-corrected chi connectivity index (χ1v) is 7.02. The van der Waals surface area contributed by atoms with E-state index in [2.05, 4.69) is 24.1 Å². The summed E-state index contributed by atoms with van der Waals surface area (Å²) < 4.78 is 5.48. The lowest BCUT2D eigenvalue weighted by molar-refractivity contribution is 0.0699. The molecule has 0 aliphatic heterocycles. The van der Waals surface area contributed by atoms with Crippen molar-refractivity contribution in [2.75, 3.05) is 25.1 Å². The molecule has 0 spiro atoms. The van der Waals surface area contributed by atoms with Crippen LogP contribution < -0.4 is 5.32 Å². The van der Waals surface area contributed by atoms with Crippen molar-refractivity contribution < 1.29 is 14.6 Å². The van der Waals surface area contributed by atoms with Crippen molar-refractivity contribution in [3.63, 3.8) is 0 Å². The Morgan fingerprint density at radius 2 is 2.14 bits per heavy atom. The number of para-hydroxylation sites is 1. The number of hydrogen-bond acceptors (Lipinski definition) is 4. The molecule has 0 aliphatic carbocycles. The maximum Gasteiger partial charge on any atom is 0.336 e. The summed E-state index contributed by atoms with van der Waals surface area (Å²) in [4.78, 5) is 15.8. The van der Waals surface area contributed by atoms with Crippen LogP contribution in [0.15, 0.2) is 30.3 Å². The van der Waals surface area contributed by atoms with Crippen LogP contribution in [0.25, 0.3) is 10.9 Å². The number of nitrogens with zero attached hydrogens (tertiary/aromatic N) is 1. The number of anilines is 1. The molecule has 5 heteroatoms. The highest BCUT2D eigenvalue weighted by Gasteiger charge is 2.11. The van der Waals surface area contributed by atoms with Gasteiger partial charge in [-0.15, -0.1) is 0 Å². The molecule has 2 N–H and O–H groups in total. The molecule has 5 nitrogen and oxygen atoms in total. The quantitative estimate of drug-likeness (QED) is 0.766. The minimum absolute atomic E-state index is 0.256. The number of carbonyl (C=O) groups is 1. The molecule has 0 aliphatic rings. The van der Waals surface area contributed by atoms with Crippen molar-refractivity contribution in [2.45, 2.75) is 13.8 Å². The highest BCUT2D eigenvalue weighted by Crippen LogP contribution is 2.20. The predicted molar refractivity (Wildman–Crippen MR) is 82.8 cm³/mol. The van der Waals surface area contributed by atoms with Crippen LogP contribution in [0.4, 0.5) is 5.82 Å². The van der Waals surface area contributed by atoms with Gasteiger partial charge in [-0.25, -0.2) is 9.78 Å². The average Bonchev–Trinajstić information content (AvgIpc) is 2.45. The molecular weight excluding hydrogens is 268 g/mol. The van der Waals surface area contributed by atoms with E-state index in [-0.39, 0.29) is 5.56 Å². The van der Waals surface area contributed by atoms with Gasteiger partial charge in [0.25, 0.3) is 0 Å². The second-order valence-electron chi connectivity index (χ2n) is 5.27. The Kier molecular flexibility index (Phi) is 5.11. The summed E-state index contributed by atoms with van der Waals surface area (Å²) >= 11 is 0. The fourth-order valence-electron chi connectivity index (χ4n) is 2.01. The maximum atomic E-state index is 11.3. The summed E-state index contributed by atoms with van der Waals surface area (Å²) in [7, 11) is 0. The van der Waals surface area contributed by atoms with Gasteiger partial charge < -0.3 is 15.2 Å². The third-order valence-electron chi connectivity index (χ3n) is 2.95. The molecule has 0 amide bonds. The van der Waals surface area contributed by atoms with E-state index in [0.29, 0.717) is 42.4 Å². The zero-order valence-corrected chi connectivity index (χ0v) is 12.3. The Morgan fingerprint density at radius 3 is 2.86 bits per heavy atom. The Hall–Kier alpha value is -2.14. The molecule has 112 valence electrons. The van der Waals surface area contributed by atoms with Gasteiger partial charge in [-0.2, -0.15) is 0 Å². The van der Waals surface area contributed by atoms with Crippen molar-refractivity contribution in [3.8, 4) is 0 Å². The molecule has 0 radical (unpaired) electrons. The molecule has 0 unspecified atom stereocenters. The van der Waals surface area contributed by atoms with Crippen molar-refractivity contribution in [1.82, 2.24) is 4.98 Å². The zero-order valence-electron chi connectivity index (χ0n) is 12.3. The van der Waals surface area contributed by atoms with E-state index >= 15 is 0 Å². The van der Waals surface area contributed by atoms with Crippen molar-refractivity contribution in [3.05, 3.63) is 35.9 Å². The van der Waals surface area contributed by atoms with E-state index < -0.39 is 5.97 Å². The second-order valence-corrected chi connectivity index (χ2v) is 5.27. The summed E-state index contributed by atoms with van der Waals surface area (Å²) in [6.45, 7) is 6.06. The van der Waals surface area contributed by atoms with Crippen LogP contribution in [0.3, 0.4) is 0 Å². The van der Waals surface area contributed by atoms with Gasteiger partial charge >= 0.3 is 5.97 Å². The topological polar surface area (TPSA) is 71.5 Å². The highest BCUT2D eigenvalue weighted by atomic mass is 16.5. The molecule has 0 saturated carbocycles. The monoisotopic (exact) mass is 288 g/mol. The minimum atomic E-state index is -0.951. The number of ether oxygens (including phenoxy) is 1. The highest BCUT2D eigenvalue weighted by molar-refractivity contribution is 6.03. The van der Waals surface area contributed by atoms with Crippen LogP contribution in [0.5, 0.6) is 0 Å². The molecule has 1 aromatic heterocycles. The van der Waals surface area contributed by atoms with Crippen LogP contribution in [-0.4, -0.2) is 35.8 Å². The minimum Gasteiger partial charge on any atom is -0.478 e. The second kappa shape index (κ2) is 7.04. The van der Waals surface area contributed by atoms with Crippen molar-refractivity contribution >= 4 is 22.7 Å². The lowest BCUT2D eigenvalue weighted by Gasteiger charge is -2.10. The number of nitrogens with one attached hydrogen (secondary N) is 1. The van der Waals surface area contributed by atoms with Crippen LogP contribution in [0, 0.1) is 5.92 Å². The Bertz CT molecular complexity index is 626. The molecule has 1 heterocycles. The Morgan fingerprint density at radius 1 is 1.38 bits per heavy atom. The molecule has 2 rings (SSSR count). The number of pyridine rings is 1. The number of aromatic nitrogens is 1. The SMILES string of the molecule is CC(C)COCCNc1cc(C(=O)O)c2ccccc2n1. The Labute approximate surface area is 124 Å². The third-order valence-corrected chi connectivity index (χ3v) is 2.95. The zero-order chi connectivity index (χ0) is 15.2. The number of rotatable bonds is 7. The fraction of sp³-hybridized carbons (Fsp3) is 0.375. The van der Waals surface area contributed by atoms with E-state index in [1.54, 1.807) is 12.1 Å². The van der Waals surface area contributed by atoms with E-state index in [1.165, 1.54) is 0 Å². The average molecular weight is 288 g/mol. The van der Waals surface area contributed by atoms with Gasteiger partial charge in [0.05, 0.1) is 17.7 Å². The first-order chi connectivity index (χ1) is 10.1. The summed E-state index contributed by atoms with van der Waals surface area (Å²) in [5.41, 5.74) is 0.925. The summed E-state index contributed by atoms with van der Waals surface area (Å²) in [6, 6.07) is 8.79. The van der Waals surface area contributed by atoms with Crippen LogP contribution in [-0.2, 0) is 4.74 Å². The first kappa shape index (κ1) is 15.3. The summed E-state index contributed by atoms with van der Waals surface area (Å²) in [5.74, 6) is 0.106. The largest absolute Gasteiger partial charge is 0.478 e. The normalized spacial score (nSPS) is 11.0. The Balaban J connectivity index is 2.08. The van der Waals surface area contributed by atoms with E-state index in [4.69, 9.17) is 4.74 Å². The summed E-state index contributed by atoms with van der Waals surface area (Å²) in [5, 5.41) is 13.0. The lowest BCUT2D eigenvalue weighted by Crippen LogP contribution is -2.13. The third kappa shape index (κ3) is 4.16.